The molecule has 5 aliphatic rings. The molecule has 5 nitrogen and oxygen atoms in total. The summed E-state index contributed by atoms with van der Waals surface area (Å²) < 4.78 is 5.17. The van der Waals surface area contributed by atoms with Gasteiger partial charge in [0.1, 0.15) is 12.9 Å². The highest BCUT2D eigenvalue weighted by Gasteiger charge is 2.68. The second-order valence-electron chi connectivity index (χ2n) is 10.4. The predicted molar refractivity (Wildman–Crippen MR) is 102 cm³/mol. The standard InChI is InChI=1S/C23H32O5/c1-21-7-5-18-19(3-2-15-11-16(25)4-8-22(15,18)13-24)23(21,27)9-6-17(21)14-10-20(26)28-12-14/h10,13,15-19,25,27H,2-9,11-12H2,1H3/t15-,16+,17?,18?,19?,21-,22-,23+/m1/s1. The van der Waals surface area contributed by atoms with Crippen LogP contribution in [0.3, 0.4) is 0 Å². The normalized spacial score (nSPS) is 52.9. The molecule has 0 radical (unpaired) electrons. The Balaban J connectivity index is 1.49. The van der Waals surface area contributed by atoms with E-state index in [1.807, 2.05) is 0 Å². The number of ether oxygens (including phenoxy) is 1. The van der Waals surface area contributed by atoms with E-state index in [1.54, 1.807) is 6.08 Å². The Bertz CT molecular complexity index is 731. The summed E-state index contributed by atoms with van der Waals surface area (Å²) in [5.74, 6) is 0.519. The predicted octanol–water partition coefficient (Wildman–Crippen LogP) is 2.78. The quantitative estimate of drug-likeness (QED) is 0.561. The van der Waals surface area contributed by atoms with Crippen LogP contribution in [0.1, 0.15) is 64.7 Å². The second-order valence-corrected chi connectivity index (χ2v) is 10.4. The summed E-state index contributed by atoms with van der Waals surface area (Å²) in [6.07, 6.45) is 10.1. The summed E-state index contributed by atoms with van der Waals surface area (Å²) in [5.41, 5.74) is -0.381. The summed E-state index contributed by atoms with van der Waals surface area (Å²) in [6, 6.07) is 0. The van der Waals surface area contributed by atoms with Crippen molar-refractivity contribution < 1.29 is 24.5 Å². The first kappa shape index (κ1) is 18.8. The molecule has 0 spiro atoms. The van der Waals surface area contributed by atoms with Crippen molar-refractivity contribution in [2.45, 2.75) is 76.4 Å². The van der Waals surface area contributed by atoms with Crippen molar-refractivity contribution in [3.8, 4) is 0 Å². The third-order valence-corrected chi connectivity index (χ3v) is 9.74. The molecule has 5 heteroatoms. The van der Waals surface area contributed by atoms with Gasteiger partial charge in [-0.1, -0.05) is 6.92 Å². The van der Waals surface area contributed by atoms with Gasteiger partial charge in [0.05, 0.1) is 11.7 Å². The van der Waals surface area contributed by atoms with Crippen molar-refractivity contribution in [1.82, 2.24) is 0 Å². The molecule has 4 fully saturated rings. The number of carbonyl (C=O) groups is 2. The molecule has 0 amide bonds. The van der Waals surface area contributed by atoms with Crippen LogP contribution in [0.5, 0.6) is 0 Å². The fraction of sp³-hybridized carbons (Fsp3) is 0.826. The maximum atomic E-state index is 12.4. The number of hydrogen-bond acceptors (Lipinski definition) is 5. The molecular weight excluding hydrogens is 356 g/mol. The first-order valence-corrected chi connectivity index (χ1v) is 11.1. The third-order valence-electron chi connectivity index (χ3n) is 9.74. The van der Waals surface area contributed by atoms with Gasteiger partial charge in [0.25, 0.3) is 0 Å². The van der Waals surface area contributed by atoms with E-state index in [0.29, 0.717) is 13.0 Å². The van der Waals surface area contributed by atoms with Crippen molar-refractivity contribution in [2.24, 2.45) is 34.5 Å². The molecule has 154 valence electrons. The SMILES string of the molecule is C[C@]12CCC3C(CC[C@@H]4C[C@@H](O)CC[C@]34C=O)[C@@]1(O)CCC2C1=CC(=O)OC1. The Morgan fingerprint density at radius 1 is 1.11 bits per heavy atom. The van der Waals surface area contributed by atoms with Crippen LogP contribution in [0, 0.1) is 34.5 Å². The highest BCUT2D eigenvalue weighted by molar-refractivity contribution is 5.85. The first-order chi connectivity index (χ1) is 13.3. The smallest absolute Gasteiger partial charge is 0.331 e. The highest BCUT2D eigenvalue weighted by atomic mass is 16.5. The third kappa shape index (κ3) is 2.26. The molecular formula is C23H32O5. The second kappa shape index (κ2) is 6.15. The van der Waals surface area contributed by atoms with Crippen LogP contribution in [0.2, 0.25) is 0 Å². The number of aliphatic hydroxyl groups is 2. The topological polar surface area (TPSA) is 83.8 Å². The Morgan fingerprint density at radius 3 is 2.64 bits per heavy atom. The van der Waals surface area contributed by atoms with Gasteiger partial charge in [0.2, 0.25) is 0 Å². The molecule has 0 aromatic heterocycles. The zero-order valence-corrected chi connectivity index (χ0v) is 16.7. The van der Waals surface area contributed by atoms with E-state index in [4.69, 9.17) is 4.74 Å². The van der Waals surface area contributed by atoms with E-state index in [2.05, 4.69) is 6.92 Å². The molecule has 28 heavy (non-hydrogen) atoms. The lowest BCUT2D eigenvalue weighted by Crippen LogP contribution is -2.63. The summed E-state index contributed by atoms with van der Waals surface area (Å²) in [6.45, 7) is 2.57. The van der Waals surface area contributed by atoms with Gasteiger partial charge in [0, 0.05) is 16.9 Å². The van der Waals surface area contributed by atoms with Gasteiger partial charge >= 0.3 is 5.97 Å². The van der Waals surface area contributed by atoms with E-state index < -0.39 is 5.60 Å². The van der Waals surface area contributed by atoms with Gasteiger partial charge in [0.15, 0.2) is 0 Å². The Morgan fingerprint density at radius 2 is 1.93 bits per heavy atom. The van der Waals surface area contributed by atoms with Crippen LogP contribution in [-0.4, -0.2) is 40.8 Å². The summed E-state index contributed by atoms with van der Waals surface area (Å²) in [5, 5.41) is 22.3. The van der Waals surface area contributed by atoms with Gasteiger partial charge in [-0.05, 0) is 87.0 Å². The molecule has 5 rings (SSSR count). The largest absolute Gasteiger partial charge is 0.458 e. The van der Waals surface area contributed by atoms with Gasteiger partial charge in [-0.25, -0.2) is 4.79 Å². The highest BCUT2D eigenvalue weighted by Crippen LogP contribution is 2.69. The van der Waals surface area contributed by atoms with Crippen LogP contribution in [0.4, 0.5) is 0 Å². The van der Waals surface area contributed by atoms with Gasteiger partial charge < -0.3 is 19.7 Å². The average molecular weight is 389 g/mol. The van der Waals surface area contributed by atoms with Gasteiger partial charge in [-0.2, -0.15) is 0 Å². The molecule has 3 unspecified atom stereocenters. The molecule has 4 aliphatic carbocycles. The molecule has 1 heterocycles. The molecule has 2 N–H and O–H groups in total. The number of rotatable bonds is 2. The lowest BCUT2D eigenvalue weighted by Gasteiger charge is -2.62. The fourth-order valence-electron chi connectivity index (χ4n) is 8.31. The maximum absolute atomic E-state index is 12.4. The number of aliphatic hydroxyl groups excluding tert-OH is 1. The number of carbonyl (C=O) groups excluding carboxylic acids is 2. The van der Waals surface area contributed by atoms with E-state index in [1.165, 1.54) is 6.29 Å². The van der Waals surface area contributed by atoms with Crippen molar-refractivity contribution in [3.63, 3.8) is 0 Å². The summed E-state index contributed by atoms with van der Waals surface area (Å²) >= 11 is 0. The molecule has 0 aromatic rings. The van der Waals surface area contributed by atoms with E-state index in [-0.39, 0.29) is 46.6 Å². The van der Waals surface area contributed by atoms with Gasteiger partial charge in [-0.15, -0.1) is 0 Å². The summed E-state index contributed by atoms with van der Waals surface area (Å²) in [4.78, 5) is 24.1. The minimum absolute atomic E-state index is 0.131. The first-order valence-electron chi connectivity index (χ1n) is 11.1. The Hall–Kier alpha value is -1.20. The molecule has 1 aliphatic heterocycles. The molecule has 8 atom stereocenters. The molecule has 0 aromatic carbocycles. The summed E-state index contributed by atoms with van der Waals surface area (Å²) in [7, 11) is 0. The van der Waals surface area contributed by atoms with E-state index in [0.717, 1.165) is 56.9 Å². The van der Waals surface area contributed by atoms with Crippen molar-refractivity contribution in [1.29, 1.82) is 0 Å². The monoisotopic (exact) mass is 388 g/mol. The number of esters is 1. The number of cyclic esters (lactones) is 1. The number of hydrogen-bond donors (Lipinski definition) is 2. The number of aldehydes is 1. The lowest BCUT2D eigenvalue weighted by atomic mass is 9.43. The molecule has 4 saturated carbocycles. The van der Waals surface area contributed by atoms with Crippen molar-refractivity contribution in [3.05, 3.63) is 11.6 Å². The minimum atomic E-state index is -0.788. The van der Waals surface area contributed by atoms with Crippen LogP contribution >= 0.6 is 0 Å². The van der Waals surface area contributed by atoms with Crippen LogP contribution in [0.15, 0.2) is 11.6 Å². The average Bonchev–Trinajstić information content (AvgIpc) is 3.22. The minimum Gasteiger partial charge on any atom is -0.458 e. The zero-order valence-electron chi connectivity index (χ0n) is 16.7. The van der Waals surface area contributed by atoms with Crippen LogP contribution < -0.4 is 0 Å². The lowest BCUT2D eigenvalue weighted by molar-refractivity contribution is -0.207. The van der Waals surface area contributed by atoms with E-state index in [9.17, 15) is 19.8 Å². The van der Waals surface area contributed by atoms with Crippen molar-refractivity contribution >= 4 is 12.3 Å². The Kier molecular flexibility index (Phi) is 4.13. The van der Waals surface area contributed by atoms with Crippen LogP contribution in [0.25, 0.3) is 0 Å². The Labute approximate surface area is 166 Å². The van der Waals surface area contributed by atoms with E-state index >= 15 is 0 Å². The van der Waals surface area contributed by atoms with Crippen LogP contribution in [-0.2, 0) is 14.3 Å². The maximum Gasteiger partial charge on any atom is 0.331 e. The zero-order chi connectivity index (χ0) is 19.7. The molecule has 0 saturated heterocycles. The van der Waals surface area contributed by atoms with Gasteiger partial charge in [-0.3, -0.25) is 0 Å². The molecule has 0 bridgehead atoms. The van der Waals surface area contributed by atoms with Crippen molar-refractivity contribution in [2.75, 3.05) is 6.61 Å². The number of fused-ring (bicyclic) bond motifs is 5. The fourth-order valence-corrected chi connectivity index (χ4v) is 8.31.